The van der Waals surface area contributed by atoms with Crippen LogP contribution < -0.4 is 0 Å². The molecular weight excluding hydrogens is 372 g/mol. The molecule has 158 valence electrons. The Balaban J connectivity index is 2.34. The molecule has 0 amide bonds. The van der Waals surface area contributed by atoms with Crippen molar-refractivity contribution in [3.63, 3.8) is 0 Å². The van der Waals surface area contributed by atoms with Gasteiger partial charge in [-0.15, -0.1) is 0 Å². The van der Waals surface area contributed by atoms with Gasteiger partial charge in [0.25, 0.3) is 0 Å². The van der Waals surface area contributed by atoms with Crippen molar-refractivity contribution >= 4 is 10.5 Å². The van der Waals surface area contributed by atoms with Gasteiger partial charge in [-0.2, -0.15) is 0 Å². The van der Waals surface area contributed by atoms with Gasteiger partial charge in [0.05, 0.1) is 5.60 Å². The quantitative estimate of drug-likeness (QED) is 0.624. The number of aliphatic hydroxyl groups excluding tert-OH is 1. The van der Waals surface area contributed by atoms with Crippen molar-refractivity contribution in [3.8, 4) is 0 Å². The summed E-state index contributed by atoms with van der Waals surface area (Å²) in [5.41, 5.74) is 2.11. The molecule has 2 aromatic rings. The van der Waals surface area contributed by atoms with E-state index in [-0.39, 0.29) is 23.4 Å². The van der Waals surface area contributed by atoms with Crippen molar-refractivity contribution in [2.24, 2.45) is 10.8 Å². The van der Waals surface area contributed by atoms with Crippen molar-refractivity contribution in [1.82, 2.24) is 0 Å². The molecule has 1 N–H and O–H groups in total. The van der Waals surface area contributed by atoms with Crippen molar-refractivity contribution in [1.29, 1.82) is 0 Å². The molecule has 1 saturated carbocycles. The van der Waals surface area contributed by atoms with Gasteiger partial charge in [-0.25, -0.2) is 0 Å². The SMILES string of the molecule is CC(C)(C)C(c1ccccc1)C(O[SiH3])(c1ccccc1)C1(CCO)CCCCC1. The summed E-state index contributed by atoms with van der Waals surface area (Å²) in [6, 6.07) is 21.8. The first-order chi connectivity index (χ1) is 13.9. The minimum atomic E-state index is -0.441. The summed E-state index contributed by atoms with van der Waals surface area (Å²) in [6.07, 6.45) is 6.73. The van der Waals surface area contributed by atoms with Crippen molar-refractivity contribution in [3.05, 3.63) is 71.8 Å². The molecule has 0 saturated heterocycles. The van der Waals surface area contributed by atoms with E-state index >= 15 is 0 Å². The summed E-state index contributed by atoms with van der Waals surface area (Å²) in [7, 11) is 0.656. The normalized spacial score (nSPS) is 20.1. The lowest BCUT2D eigenvalue weighted by atomic mass is 9.50. The van der Waals surface area contributed by atoms with E-state index in [1.807, 2.05) is 0 Å². The third-order valence-electron chi connectivity index (χ3n) is 7.12. The van der Waals surface area contributed by atoms with E-state index in [9.17, 15) is 5.11 Å². The summed E-state index contributed by atoms with van der Waals surface area (Å²) in [6.45, 7) is 7.25. The van der Waals surface area contributed by atoms with Crippen molar-refractivity contribution < 1.29 is 9.53 Å². The van der Waals surface area contributed by atoms with Crippen LogP contribution >= 0.6 is 0 Å². The average molecular weight is 411 g/mol. The predicted molar refractivity (Wildman–Crippen MR) is 125 cm³/mol. The molecule has 3 rings (SSSR count). The highest BCUT2D eigenvalue weighted by molar-refractivity contribution is 5.98. The molecule has 0 aliphatic heterocycles. The topological polar surface area (TPSA) is 29.5 Å². The number of rotatable bonds is 7. The van der Waals surface area contributed by atoms with Crippen LogP contribution in [0.4, 0.5) is 0 Å². The van der Waals surface area contributed by atoms with Crippen molar-refractivity contribution in [2.45, 2.75) is 70.8 Å². The minimum Gasteiger partial charge on any atom is -0.417 e. The van der Waals surface area contributed by atoms with Crippen LogP contribution in [-0.4, -0.2) is 22.2 Å². The highest BCUT2D eigenvalue weighted by Crippen LogP contribution is 2.63. The van der Waals surface area contributed by atoms with Crippen LogP contribution in [0.2, 0.25) is 0 Å². The molecule has 2 unspecified atom stereocenters. The van der Waals surface area contributed by atoms with Gasteiger partial charge in [0, 0.05) is 17.9 Å². The van der Waals surface area contributed by atoms with Gasteiger partial charge in [-0.3, -0.25) is 0 Å². The summed E-state index contributed by atoms with van der Waals surface area (Å²) in [4.78, 5) is 0. The van der Waals surface area contributed by atoms with Gasteiger partial charge in [-0.05, 0) is 35.8 Å². The van der Waals surface area contributed by atoms with Gasteiger partial charge in [-0.1, -0.05) is 101 Å². The first kappa shape index (κ1) is 22.3. The van der Waals surface area contributed by atoms with Crippen LogP contribution in [0.15, 0.2) is 60.7 Å². The van der Waals surface area contributed by atoms with Crippen LogP contribution in [0.25, 0.3) is 0 Å². The Bertz CT molecular complexity index is 742. The first-order valence-corrected chi connectivity index (χ1v) is 12.0. The molecule has 0 radical (unpaired) electrons. The molecule has 0 heterocycles. The fraction of sp³-hybridized carbons (Fsp3) is 0.538. The molecule has 0 bridgehead atoms. The van der Waals surface area contributed by atoms with E-state index in [0.29, 0.717) is 10.5 Å². The summed E-state index contributed by atoms with van der Waals surface area (Å²) in [5, 5.41) is 10.2. The fourth-order valence-electron chi connectivity index (χ4n) is 6.16. The molecule has 2 nitrogen and oxygen atoms in total. The van der Waals surface area contributed by atoms with Crippen LogP contribution in [0.3, 0.4) is 0 Å². The van der Waals surface area contributed by atoms with Gasteiger partial charge in [0.1, 0.15) is 10.5 Å². The Morgan fingerprint density at radius 3 is 1.97 bits per heavy atom. The Kier molecular flexibility index (Phi) is 7.03. The standard InChI is InChI=1S/C26H38O2Si/c1-24(2,3)23(21-13-7-4-8-14-21)26(28-29,22-15-9-5-10-16-22)25(19-20-27)17-11-6-12-18-25/h4-5,7-10,13-16,23,27H,6,11-12,17-20H2,1-3,29H3. The molecule has 29 heavy (non-hydrogen) atoms. The summed E-state index contributed by atoms with van der Waals surface area (Å²) in [5.74, 6) is 0.195. The second-order valence-electron chi connectivity index (χ2n) is 9.83. The maximum absolute atomic E-state index is 10.2. The van der Waals surface area contributed by atoms with E-state index in [2.05, 4.69) is 81.4 Å². The van der Waals surface area contributed by atoms with Crippen LogP contribution in [0, 0.1) is 10.8 Å². The Hall–Kier alpha value is -1.42. The zero-order chi connectivity index (χ0) is 21.0. The van der Waals surface area contributed by atoms with E-state index in [0.717, 1.165) is 19.3 Å². The minimum absolute atomic E-state index is 0.00150. The number of aliphatic hydroxyl groups is 1. The van der Waals surface area contributed by atoms with E-state index in [4.69, 9.17) is 4.43 Å². The number of hydrogen-bond acceptors (Lipinski definition) is 2. The lowest BCUT2D eigenvalue weighted by molar-refractivity contribution is -0.136. The fourth-order valence-corrected chi connectivity index (χ4v) is 7.06. The molecule has 0 spiro atoms. The third kappa shape index (κ3) is 4.10. The maximum atomic E-state index is 10.2. The Labute approximate surface area is 180 Å². The van der Waals surface area contributed by atoms with E-state index < -0.39 is 5.60 Å². The van der Waals surface area contributed by atoms with E-state index in [1.54, 1.807) is 0 Å². The summed E-state index contributed by atoms with van der Waals surface area (Å²) < 4.78 is 6.89. The molecule has 1 fully saturated rings. The monoisotopic (exact) mass is 410 g/mol. The highest BCUT2D eigenvalue weighted by atomic mass is 28.2. The molecule has 2 aromatic carbocycles. The average Bonchev–Trinajstić information content (AvgIpc) is 2.73. The van der Waals surface area contributed by atoms with Crippen LogP contribution in [-0.2, 0) is 10.0 Å². The van der Waals surface area contributed by atoms with Gasteiger partial charge >= 0.3 is 0 Å². The second kappa shape index (κ2) is 9.16. The van der Waals surface area contributed by atoms with Crippen LogP contribution in [0.1, 0.15) is 76.3 Å². The maximum Gasteiger partial charge on any atom is 0.147 e. The zero-order valence-corrected chi connectivity index (χ0v) is 20.7. The zero-order valence-electron chi connectivity index (χ0n) is 18.7. The molecule has 0 aromatic heterocycles. The Morgan fingerprint density at radius 1 is 0.931 bits per heavy atom. The molecule has 1 aliphatic rings. The number of hydrogen-bond donors (Lipinski definition) is 1. The lowest BCUT2D eigenvalue weighted by Crippen LogP contribution is -2.56. The van der Waals surface area contributed by atoms with Gasteiger partial charge in [0.15, 0.2) is 0 Å². The lowest BCUT2D eigenvalue weighted by Gasteiger charge is -2.59. The largest absolute Gasteiger partial charge is 0.417 e. The predicted octanol–water partition coefficient (Wildman–Crippen LogP) is 5.34. The first-order valence-electron chi connectivity index (χ1n) is 11.2. The highest BCUT2D eigenvalue weighted by Gasteiger charge is 2.59. The Morgan fingerprint density at radius 2 is 1.48 bits per heavy atom. The molecule has 1 aliphatic carbocycles. The number of benzene rings is 2. The van der Waals surface area contributed by atoms with Crippen LogP contribution in [0.5, 0.6) is 0 Å². The molecule has 2 atom stereocenters. The summed E-state index contributed by atoms with van der Waals surface area (Å²) >= 11 is 0. The molecular formula is C26H38O2Si. The third-order valence-corrected chi connectivity index (χ3v) is 7.76. The van der Waals surface area contributed by atoms with E-state index in [1.165, 1.54) is 30.4 Å². The van der Waals surface area contributed by atoms with Gasteiger partial charge in [0.2, 0.25) is 0 Å². The molecule has 3 heteroatoms. The van der Waals surface area contributed by atoms with Gasteiger partial charge < -0.3 is 9.53 Å². The second-order valence-corrected chi connectivity index (χ2v) is 10.2. The smallest absolute Gasteiger partial charge is 0.147 e. The van der Waals surface area contributed by atoms with Crippen molar-refractivity contribution in [2.75, 3.05) is 6.61 Å².